The fourth-order valence-corrected chi connectivity index (χ4v) is 1.69. The SMILES string of the molecule is CCC(=N)N(C)Cc1csc(C)n1. The highest BCUT2D eigenvalue weighted by atomic mass is 32.1. The molecule has 0 saturated heterocycles. The maximum absolute atomic E-state index is 7.60. The molecule has 1 N–H and O–H groups in total. The van der Waals surface area contributed by atoms with Crippen LogP contribution in [0.1, 0.15) is 24.0 Å². The Morgan fingerprint density at radius 2 is 2.38 bits per heavy atom. The summed E-state index contributed by atoms with van der Waals surface area (Å²) < 4.78 is 0. The summed E-state index contributed by atoms with van der Waals surface area (Å²) in [5, 5.41) is 10.7. The molecule has 0 amide bonds. The van der Waals surface area contributed by atoms with Gasteiger partial charge < -0.3 is 4.90 Å². The standard InChI is InChI=1S/C9H15N3S/c1-4-9(10)12(3)5-8-6-13-7(2)11-8/h6,10H,4-5H2,1-3H3. The lowest BCUT2D eigenvalue weighted by atomic mass is 10.3. The molecule has 72 valence electrons. The number of aromatic nitrogens is 1. The Balaban J connectivity index is 2.54. The number of nitrogens with zero attached hydrogens (tertiary/aromatic N) is 2. The predicted molar refractivity (Wildman–Crippen MR) is 56.3 cm³/mol. The molecule has 0 aliphatic heterocycles. The van der Waals surface area contributed by atoms with E-state index in [4.69, 9.17) is 5.41 Å². The number of amidine groups is 1. The Bertz CT molecular complexity index is 293. The second kappa shape index (κ2) is 4.37. The molecule has 0 aromatic carbocycles. The minimum absolute atomic E-state index is 0.658. The van der Waals surface area contributed by atoms with Gasteiger partial charge in [-0.05, 0) is 6.92 Å². The van der Waals surface area contributed by atoms with Crippen LogP contribution in [0.15, 0.2) is 5.38 Å². The molecule has 0 bridgehead atoms. The molecule has 4 heteroatoms. The van der Waals surface area contributed by atoms with Crippen molar-refractivity contribution in [2.24, 2.45) is 0 Å². The molecule has 1 aromatic heterocycles. The smallest absolute Gasteiger partial charge is 0.0955 e. The summed E-state index contributed by atoms with van der Waals surface area (Å²) >= 11 is 1.66. The van der Waals surface area contributed by atoms with Crippen molar-refractivity contribution in [3.63, 3.8) is 0 Å². The molecule has 0 radical (unpaired) electrons. The van der Waals surface area contributed by atoms with Crippen LogP contribution in [-0.4, -0.2) is 22.8 Å². The topological polar surface area (TPSA) is 40.0 Å². The number of hydrogen-bond donors (Lipinski definition) is 1. The molecule has 0 fully saturated rings. The molecule has 0 atom stereocenters. The second-order valence-electron chi connectivity index (χ2n) is 3.01. The number of thiazole rings is 1. The first-order chi connectivity index (χ1) is 6.13. The third kappa shape index (κ3) is 2.81. The largest absolute Gasteiger partial charge is 0.358 e. The van der Waals surface area contributed by atoms with Crippen LogP contribution in [0.4, 0.5) is 0 Å². The van der Waals surface area contributed by atoms with Crippen LogP contribution in [0.3, 0.4) is 0 Å². The van der Waals surface area contributed by atoms with Crippen LogP contribution in [0.25, 0.3) is 0 Å². The highest BCUT2D eigenvalue weighted by molar-refractivity contribution is 7.09. The van der Waals surface area contributed by atoms with Gasteiger partial charge in [-0.15, -0.1) is 11.3 Å². The van der Waals surface area contributed by atoms with Crippen LogP contribution in [-0.2, 0) is 6.54 Å². The van der Waals surface area contributed by atoms with E-state index in [0.29, 0.717) is 5.84 Å². The first-order valence-corrected chi connectivity index (χ1v) is 5.21. The first-order valence-electron chi connectivity index (χ1n) is 4.33. The Morgan fingerprint density at radius 3 is 2.85 bits per heavy atom. The normalized spacial score (nSPS) is 10.1. The van der Waals surface area contributed by atoms with Gasteiger partial charge in [-0.3, -0.25) is 5.41 Å². The van der Waals surface area contributed by atoms with E-state index in [-0.39, 0.29) is 0 Å². The van der Waals surface area contributed by atoms with E-state index in [1.165, 1.54) is 0 Å². The molecule has 1 rings (SSSR count). The molecule has 0 spiro atoms. The zero-order valence-electron chi connectivity index (χ0n) is 8.29. The molecule has 1 heterocycles. The van der Waals surface area contributed by atoms with E-state index in [9.17, 15) is 0 Å². The van der Waals surface area contributed by atoms with Crippen molar-refractivity contribution in [3.05, 3.63) is 16.1 Å². The molecule has 13 heavy (non-hydrogen) atoms. The maximum atomic E-state index is 7.60. The fraction of sp³-hybridized carbons (Fsp3) is 0.556. The summed E-state index contributed by atoms with van der Waals surface area (Å²) in [6, 6.07) is 0. The van der Waals surface area contributed by atoms with Crippen molar-refractivity contribution >= 4 is 17.2 Å². The van der Waals surface area contributed by atoms with Gasteiger partial charge in [0, 0.05) is 18.8 Å². The second-order valence-corrected chi connectivity index (χ2v) is 4.08. The lowest BCUT2D eigenvalue weighted by Crippen LogP contribution is -2.24. The van der Waals surface area contributed by atoms with Gasteiger partial charge in [0.2, 0.25) is 0 Å². The zero-order chi connectivity index (χ0) is 9.84. The minimum atomic E-state index is 0.658. The van der Waals surface area contributed by atoms with Gasteiger partial charge in [-0.25, -0.2) is 4.98 Å². The first kappa shape index (κ1) is 10.2. The van der Waals surface area contributed by atoms with Crippen molar-refractivity contribution in [1.82, 2.24) is 9.88 Å². The number of aryl methyl sites for hydroxylation is 1. The number of nitrogens with one attached hydrogen (secondary N) is 1. The van der Waals surface area contributed by atoms with Crippen molar-refractivity contribution < 1.29 is 0 Å². The lowest BCUT2D eigenvalue weighted by Gasteiger charge is -2.17. The molecule has 1 aromatic rings. The van der Waals surface area contributed by atoms with Gasteiger partial charge in [-0.1, -0.05) is 6.92 Å². The van der Waals surface area contributed by atoms with Gasteiger partial charge in [0.05, 0.1) is 23.1 Å². The van der Waals surface area contributed by atoms with Crippen LogP contribution >= 0.6 is 11.3 Å². The molecule has 0 aliphatic carbocycles. The zero-order valence-corrected chi connectivity index (χ0v) is 9.11. The Labute approximate surface area is 82.9 Å². The Morgan fingerprint density at radius 1 is 1.69 bits per heavy atom. The molecule has 0 aliphatic rings. The average Bonchev–Trinajstić information content (AvgIpc) is 2.49. The highest BCUT2D eigenvalue weighted by Gasteiger charge is 2.05. The summed E-state index contributed by atoms with van der Waals surface area (Å²) in [6.07, 6.45) is 0.777. The van der Waals surface area contributed by atoms with Crippen LogP contribution in [0, 0.1) is 12.3 Å². The third-order valence-corrected chi connectivity index (χ3v) is 2.68. The number of hydrogen-bond acceptors (Lipinski definition) is 3. The van der Waals surface area contributed by atoms with Crippen molar-refractivity contribution in [2.45, 2.75) is 26.8 Å². The summed E-state index contributed by atoms with van der Waals surface area (Å²) in [5.41, 5.74) is 1.06. The van der Waals surface area contributed by atoms with Gasteiger partial charge in [0.15, 0.2) is 0 Å². The van der Waals surface area contributed by atoms with Crippen LogP contribution in [0.5, 0.6) is 0 Å². The quantitative estimate of drug-likeness (QED) is 0.596. The predicted octanol–water partition coefficient (Wildman–Crippen LogP) is 2.27. The average molecular weight is 197 g/mol. The highest BCUT2D eigenvalue weighted by Crippen LogP contribution is 2.09. The summed E-state index contributed by atoms with van der Waals surface area (Å²) in [7, 11) is 1.93. The summed E-state index contributed by atoms with van der Waals surface area (Å²) in [6.45, 7) is 4.74. The maximum Gasteiger partial charge on any atom is 0.0955 e. The summed E-state index contributed by atoms with van der Waals surface area (Å²) in [4.78, 5) is 6.27. The van der Waals surface area contributed by atoms with Crippen molar-refractivity contribution in [3.8, 4) is 0 Å². The van der Waals surface area contributed by atoms with Gasteiger partial charge in [0.1, 0.15) is 0 Å². The van der Waals surface area contributed by atoms with E-state index in [0.717, 1.165) is 23.7 Å². The van der Waals surface area contributed by atoms with E-state index in [1.807, 2.05) is 25.8 Å². The molecular formula is C9H15N3S. The van der Waals surface area contributed by atoms with Crippen LogP contribution < -0.4 is 0 Å². The monoisotopic (exact) mass is 197 g/mol. The molecule has 3 nitrogen and oxygen atoms in total. The van der Waals surface area contributed by atoms with Crippen molar-refractivity contribution in [1.29, 1.82) is 5.41 Å². The van der Waals surface area contributed by atoms with E-state index in [1.54, 1.807) is 11.3 Å². The van der Waals surface area contributed by atoms with Gasteiger partial charge in [-0.2, -0.15) is 0 Å². The van der Waals surface area contributed by atoms with Crippen molar-refractivity contribution in [2.75, 3.05) is 7.05 Å². The number of rotatable bonds is 3. The Hall–Kier alpha value is -0.900. The summed E-state index contributed by atoms with van der Waals surface area (Å²) in [5.74, 6) is 0.658. The van der Waals surface area contributed by atoms with E-state index < -0.39 is 0 Å². The molecular weight excluding hydrogens is 182 g/mol. The molecule has 0 unspecified atom stereocenters. The van der Waals surface area contributed by atoms with Gasteiger partial charge >= 0.3 is 0 Å². The molecule has 0 saturated carbocycles. The lowest BCUT2D eigenvalue weighted by molar-refractivity contribution is 0.480. The third-order valence-electron chi connectivity index (χ3n) is 1.86. The van der Waals surface area contributed by atoms with Crippen LogP contribution in [0.2, 0.25) is 0 Å². The fourth-order valence-electron chi connectivity index (χ4n) is 1.09. The Kier molecular flexibility index (Phi) is 3.42. The van der Waals surface area contributed by atoms with E-state index in [2.05, 4.69) is 10.4 Å². The minimum Gasteiger partial charge on any atom is -0.358 e. The van der Waals surface area contributed by atoms with Gasteiger partial charge in [0.25, 0.3) is 0 Å². The van der Waals surface area contributed by atoms with E-state index >= 15 is 0 Å².